The van der Waals surface area contributed by atoms with Crippen molar-refractivity contribution in [3.63, 3.8) is 0 Å². The Morgan fingerprint density at radius 2 is 2.24 bits per heavy atom. The summed E-state index contributed by atoms with van der Waals surface area (Å²) in [4.78, 5) is 37.7. The number of methoxy groups -OCH3 is 1. The molecule has 0 radical (unpaired) electrons. The Balaban J connectivity index is 1.81. The van der Waals surface area contributed by atoms with Crippen molar-refractivity contribution in [1.82, 2.24) is 19.9 Å². The number of hydrogen-bond acceptors (Lipinski definition) is 9. The van der Waals surface area contributed by atoms with Gasteiger partial charge >= 0.3 is 12.1 Å². The van der Waals surface area contributed by atoms with Gasteiger partial charge in [0.05, 0.1) is 13.2 Å². The lowest BCUT2D eigenvalue weighted by atomic mass is 10.1. The van der Waals surface area contributed by atoms with Crippen LogP contribution in [0.5, 0.6) is 0 Å². The van der Waals surface area contributed by atoms with Gasteiger partial charge in [-0.25, -0.2) is 19.7 Å². The van der Waals surface area contributed by atoms with E-state index in [9.17, 15) is 9.59 Å². The van der Waals surface area contributed by atoms with Crippen LogP contribution < -0.4 is 0 Å². The SMILES string of the molecule is COC(=O)OC[C@@H]1C[C@@H](OC(C)=O)[C@H](c2nc3ncnc(Cl)c3[nH]2)O1. The van der Waals surface area contributed by atoms with Gasteiger partial charge in [-0.2, -0.15) is 0 Å². The van der Waals surface area contributed by atoms with Gasteiger partial charge in [0.1, 0.15) is 30.4 Å². The lowest BCUT2D eigenvalue weighted by Crippen LogP contribution is -2.21. The topological polar surface area (TPSA) is 126 Å². The number of fused-ring (bicyclic) bond motifs is 1. The first-order chi connectivity index (χ1) is 12.0. The fourth-order valence-electron chi connectivity index (χ4n) is 2.58. The molecule has 0 unspecified atom stereocenters. The second-order valence-corrected chi connectivity index (χ2v) is 5.67. The molecule has 0 amide bonds. The van der Waals surface area contributed by atoms with Gasteiger partial charge in [-0.05, 0) is 0 Å². The maximum absolute atomic E-state index is 11.4. The summed E-state index contributed by atoms with van der Waals surface area (Å²) in [6.07, 6.45) is -0.958. The van der Waals surface area contributed by atoms with Crippen molar-refractivity contribution in [1.29, 1.82) is 0 Å². The summed E-state index contributed by atoms with van der Waals surface area (Å²) in [5.41, 5.74) is 0.827. The van der Waals surface area contributed by atoms with Crippen molar-refractivity contribution in [2.75, 3.05) is 13.7 Å². The summed E-state index contributed by atoms with van der Waals surface area (Å²) in [7, 11) is 1.21. The molecular formula is C14H15ClN4O6. The lowest BCUT2D eigenvalue weighted by Gasteiger charge is -2.15. The van der Waals surface area contributed by atoms with Crippen molar-refractivity contribution in [3.05, 3.63) is 17.3 Å². The first-order valence-electron chi connectivity index (χ1n) is 7.37. The molecule has 0 spiro atoms. The normalized spacial score (nSPS) is 22.8. The van der Waals surface area contributed by atoms with Crippen molar-refractivity contribution >= 4 is 34.9 Å². The Labute approximate surface area is 146 Å². The molecule has 2 aromatic rings. The second kappa shape index (κ2) is 7.19. The van der Waals surface area contributed by atoms with Gasteiger partial charge in [0.25, 0.3) is 0 Å². The Morgan fingerprint density at radius 3 is 2.92 bits per heavy atom. The van der Waals surface area contributed by atoms with Crippen LogP contribution >= 0.6 is 11.6 Å². The van der Waals surface area contributed by atoms with E-state index >= 15 is 0 Å². The zero-order valence-corrected chi connectivity index (χ0v) is 14.1. The molecule has 1 fully saturated rings. The van der Waals surface area contributed by atoms with Crippen molar-refractivity contribution in [2.24, 2.45) is 0 Å². The standard InChI is InChI=1S/C14H15ClN4O6/c1-6(20)24-8-3-7(4-23-14(21)22-2)25-10(8)13-18-9-11(15)16-5-17-12(9)19-13/h5,7-8,10H,3-4H2,1-2H3,(H,16,17,18,19)/t7-,8+,10+/m0/s1. The van der Waals surface area contributed by atoms with E-state index in [0.717, 1.165) is 0 Å². The highest BCUT2D eigenvalue weighted by molar-refractivity contribution is 6.33. The van der Waals surface area contributed by atoms with Crippen LogP contribution in [0.2, 0.25) is 5.15 Å². The monoisotopic (exact) mass is 370 g/mol. The number of hydrogen-bond donors (Lipinski definition) is 1. The maximum atomic E-state index is 11.4. The molecule has 3 rings (SSSR count). The number of nitrogens with one attached hydrogen (secondary N) is 1. The van der Waals surface area contributed by atoms with Crippen molar-refractivity contribution < 1.29 is 28.5 Å². The summed E-state index contributed by atoms with van der Waals surface area (Å²) in [6, 6.07) is 0. The summed E-state index contributed by atoms with van der Waals surface area (Å²) in [5.74, 6) is -0.0636. The van der Waals surface area contributed by atoms with Gasteiger partial charge < -0.3 is 23.9 Å². The minimum atomic E-state index is -0.818. The smallest absolute Gasteiger partial charge is 0.459 e. The quantitative estimate of drug-likeness (QED) is 0.630. The van der Waals surface area contributed by atoms with Gasteiger partial charge in [-0.15, -0.1) is 0 Å². The fraction of sp³-hybridized carbons (Fsp3) is 0.500. The number of H-pyrrole nitrogens is 1. The average Bonchev–Trinajstić information content (AvgIpc) is 3.16. The van der Waals surface area contributed by atoms with Crippen LogP contribution in [0.25, 0.3) is 11.2 Å². The van der Waals surface area contributed by atoms with E-state index in [1.165, 1.54) is 20.4 Å². The van der Waals surface area contributed by atoms with Crippen LogP contribution in [0.3, 0.4) is 0 Å². The third-order valence-electron chi connectivity index (χ3n) is 3.57. The summed E-state index contributed by atoms with van der Waals surface area (Å²) < 4.78 is 20.4. The van der Waals surface area contributed by atoms with Crippen molar-refractivity contribution in [2.45, 2.75) is 31.7 Å². The summed E-state index contributed by atoms with van der Waals surface area (Å²) >= 11 is 6.01. The number of aromatic nitrogens is 4. The Bertz CT molecular complexity index is 797. The van der Waals surface area contributed by atoms with Crippen LogP contribution in [0, 0.1) is 0 Å². The molecule has 0 bridgehead atoms. The molecule has 0 aliphatic carbocycles. The van der Waals surface area contributed by atoms with E-state index in [1.807, 2.05) is 0 Å². The highest BCUT2D eigenvalue weighted by Crippen LogP contribution is 2.35. The van der Waals surface area contributed by atoms with E-state index < -0.39 is 30.4 Å². The molecule has 0 saturated carbocycles. The molecule has 10 nitrogen and oxygen atoms in total. The third-order valence-corrected chi connectivity index (χ3v) is 3.86. The van der Waals surface area contributed by atoms with Gasteiger partial charge in [-0.3, -0.25) is 4.79 Å². The third kappa shape index (κ3) is 3.80. The van der Waals surface area contributed by atoms with Crippen molar-refractivity contribution in [3.8, 4) is 0 Å². The number of carbonyl (C=O) groups is 2. The number of carbonyl (C=O) groups excluding carboxylic acids is 2. The van der Waals surface area contributed by atoms with E-state index in [-0.39, 0.29) is 11.8 Å². The molecule has 3 heterocycles. The number of rotatable bonds is 4. The summed E-state index contributed by atoms with van der Waals surface area (Å²) in [6.45, 7) is 1.26. The molecule has 1 N–H and O–H groups in total. The van der Waals surface area contributed by atoms with Crippen LogP contribution in [-0.4, -0.2) is 58.0 Å². The van der Waals surface area contributed by atoms with Crippen LogP contribution in [0.15, 0.2) is 6.33 Å². The van der Waals surface area contributed by atoms with E-state index in [0.29, 0.717) is 23.4 Å². The van der Waals surface area contributed by atoms with Crippen LogP contribution in [-0.2, 0) is 23.7 Å². The van der Waals surface area contributed by atoms with Gasteiger partial charge in [0.2, 0.25) is 0 Å². The highest BCUT2D eigenvalue weighted by Gasteiger charge is 2.41. The number of halogens is 1. The predicted octanol–water partition coefficient (Wildman–Crippen LogP) is 1.55. The van der Waals surface area contributed by atoms with Gasteiger partial charge in [-0.1, -0.05) is 11.6 Å². The first-order valence-corrected chi connectivity index (χ1v) is 7.75. The number of ether oxygens (including phenoxy) is 4. The zero-order valence-electron chi connectivity index (χ0n) is 13.4. The Kier molecular flexibility index (Phi) is 5.00. The molecule has 1 aliphatic heterocycles. The van der Waals surface area contributed by atoms with Crippen LogP contribution in [0.4, 0.5) is 4.79 Å². The zero-order chi connectivity index (χ0) is 18.0. The number of aromatic amines is 1. The number of imidazole rings is 1. The van der Waals surface area contributed by atoms with E-state index in [1.54, 1.807) is 0 Å². The van der Waals surface area contributed by atoms with Crippen LogP contribution in [0.1, 0.15) is 25.3 Å². The number of esters is 1. The number of nitrogens with zero attached hydrogens (tertiary/aromatic N) is 3. The average molecular weight is 371 g/mol. The molecule has 11 heteroatoms. The lowest BCUT2D eigenvalue weighted by molar-refractivity contribution is -0.149. The summed E-state index contributed by atoms with van der Waals surface area (Å²) in [5, 5.41) is 0.219. The molecule has 1 aliphatic rings. The molecule has 0 aromatic carbocycles. The predicted molar refractivity (Wildman–Crippen MR) is 82.8 cm³/mol. The first kappa shape index (κ1) is 17.4. The molecule has 2 aromatic heterocycles. The molecule has 3 atom stereocenters. The van der Waals surface area contributed by atoms with E-state index in [4.69, 9.17) is 25.8 Å². The largest absolute Gasteiger partial charge is 0.508 e. The molecule has 1 saturated heterocycles. The Morgan fingerprint density at radius 1 is 1.44 bits per heavy atom. The van der Waals surface area contributed by atoms with Gasteiger partial charge in [0, 0.05) is 13.3 Å². The molecular weight excluding hydrogens is 356 g/mol. The second-order valence-electron chi connectivity index (χ2n) is 5.31. The minimum Gasteiger partial charge on any atom is -0.459 e. The Hall–Kier alpha value is -2.46. The highest BCUT2D eigenvalue weighted by atomic mass is 35.5. The molecule has 25 heavy (non-hydrogen) atoms. The van der Waals surface area contributed by atoms with Gasteiger partial charge in [0.15, 0.2) is 16.9 Å². The van der Waals surface area contributed by atoms with E-state index in [2.05, 4.69) is 24.7 Å². The minimum absolute atomic E-state index is 0.0400. The fourth-order valence-corrected chi connectivity index (χ4v) is 2.75. The maximum Gasteiger partial charge on any atom is 0.508 e. The molecule has 134 valence electrons.